The number of hydrogen-bond donors (Lipinski definition) is 3. The van der Waals surface area contributed by atoms with E-state index in [1.54, 1.807) is 24.3 Å². The highest BCUT2D eigenvalue weighted by molar-refractivity contribution is 7.91. The first-order valence-electron chi connectivity index (χ1n) is 10.1. The summed E-state index contributed by atoms with van der Waals surface area (Å²) in [5, 5.41) is 28.6. The number of hydrogen-bond acceptors (Lipinski definition) is 9. The largest absolute Gasteiger partial charge is 0.473 e. The average Bonchev–Trinajstić information content (AvgIpc) is 3.65. The number of aromatic nitrogens is 3. The fraction of sp³-hybridized carbons (Fsp3) is 0.286. The maximum atomic E-state index is 12.9. The Morgan fingerprint density at radius 1 is 1.32 bits per heavy atom. The lowest BCUT2D eigenvalue weighted by atomic mass is 10.1. The number of rotatable bonds is 8. The van der Waals surface area contributed by atoms with Crippen molar-refractivity contribution < 1.29 is 23.2 Å². The van der Waals surface area contributed by atoms with Gasteiger partial charge in [0, 0.05) is 19.0 Å². The Labute approximate surface area is 193 Å². The standard InChI is InChI=1S/C21H20N6O6S/c1-27-17-15(11-24-25-19(17)33-12-21(6-7-21)34(31,32)26-30)8-16(20(27)29)18(28)23-10-14-4-2-13(9-22)3-5-14/h2-5,8,11,26,30H,6-7,10,12H2,1H3,(H,23,28). The zero-order valence-corrected chi connectivity index (χ0v) is 18.8. The lowest BCUT2D eigenvalue weighted by Gasteiger charge is -2.16. The second kappa shape index (κ2) is 8.82. The summed E-state index contributed by atoms with van der Waals surface area (Å²) < 4.78 is 29.5. The first-order valence-corrected chi connectivity index (χ1v) is 11.6. The highest BCUT2D eigenvalue weighted by atomic mass is 32.2. The lowest BCUT2D eigenvalue weighted by Crippen LogP contribution is -2.38. The van der Waals surface area contributed by atoms with Crippen LogP contribution in [0.4, 0.5) is 0 Å². The summed E-state index contributed by atoms with van der Waals surface area (Å²) >= 11 is 0. The fourth-order valence-electron chi connectivity index (χ4n) is 3.48. The number of amides is 1. The fourth-order valence-corrected chi connectivity index (χ4v) is 4.53. The van der Waals surface area contributed by atoms with Crippen LogP contribution in [0.1, 0.15) is 34.3 Å². The maximum Gasteiger partial charge on any atom is 0.263 e. The molecule has 1 aliphatic rings. The number of carbonyl (C=O) groups excluding carboxylic acids is 1. The number of nitriles is 1. The van der Waals surface area contributed by atoms with E-state index in [4.69, 9.17) is 15.2 Å². The van der Waals surface area contributed by atoms with E-state index in [1.807, 2.05) is 6.07 Å². The molecule has 1 fully saturated rings. The number of nitrogens with one attached hydrogen (secondary N) is 2. The number of ether oxygens (including phenoxy) is 1. The van der Waals surface area contributed by atoms with Gasteiger partial charge in [-0.3, -0.25) is 9.59 Å². The van der Waals surface area contributed by atoms with E-state index in [0.29, 0.717) is 23.8 Å². The zero-order valence-electron chi connectivity index (χ0n) is 18.0. The number of pyridine rings is 1. The monoisotopic (exact) mass is 484 g/mol. The number of carbonyl (C=O) groups is 1. The molecule has 13 heteroatoms. The van der Waals surface area contributed by atoms with Crippen molar-refractivity contribution >= 4 is 26.8 Å². The minimum Gasteiger partial charge on any atom is -0.473 e. The van der Waals surface area contributed by atoms with Crippen LogP contribution in [0, 0.1) is 11.3 Å². The molecule has 4 rings (SSSR count). The Balaban J connectivity index is 1.58. The van der Waals surface area contributed by atoms with Crippen molar-refractivity contribution in [1.82, 2.24) is 25.0 Å². The molecule has 2 aromatic heterocycles. The Morgan fingerprint density at radius 2 is 2.03 bits per heavy atom. The van der Waals surface area contributed by atoms with E-state index >= 15 is 0 Å². The number of benzene rings is 1. The van der Waals surface area contributed by atoms with E-state index in [9.17, 15) is 18.0 Å². The van der Waals surface area contributed by atoms with Crippen LogP contribution in [0.25, 0.3) is 10.9 Å². The number of fused-ring (bicyclic) bond motifs is 1. The molecule has 0 bridgehead atoms. The zero-order chi connectivity index (χ0) is 24.5. The minimum absolute atomic E-state index is 0.0685. The van der Waals surface area contributed by atoms with Gasteiger partial charge in [-0.05, 0) is 36.6 Å². The van der Waals surface area contributed by atoms with Crippen molar-refractivity contribution in [3.05, 3.63) is 63.6 Å². The molecule has 34 heavy (non-hydrogen) atoms. The average molecular weight is 484 g/mol. The molecule has 1 amide bonds. The minimum atomic E-state index is -3.98. The van der Waals surface area contributed by atoms with Gasteiger partial charge in [-0.2, -0.15) is 10.4 Å². The summed E-state index contributed by atoms with van der Waals surface area (Å²) in [4.78, 5) is 27.0. The van der Waals surface area contributed by atoms with Crippen LogP contribution < -0.4 is 20.5 Å². The highest BCUT2D eigenvalue weighted by Gasteiger charge is 2.55. The van der Waals surface area contributed by atoms with Gasteiger partial charge >= 0.3 is 0 Å². The predicted octanol–water partition coefficient (Wildman–Crippen LogP) is 0.350. The summed E-state index contributed by atoms with van der Waals surface area (Å²) in [6.45, 7) is -0.137. The molecular formula is C21H20N6O6S. The number of sulfonamides is 1. The van der Waals surface area contributed by atoms with Crippen LogP contribution in [-0.4, -0.2) is 45.7 Å². The molecule has 2 heterocycles. The molecule has 176 valence electrons. The summed E-state index contributed by atoms with van der Waals surface area (Å²) in [5.41, 5.74) is 0.777. The second-order valence-electron chi connectivity index (χ2n) is 7.93. The molecule has 0 unspecified atom stereocenters. The normalized spacial score (nSPS) is 14.4. The first-order chi connectivity index (χ1) is 16.2. The highest BCUT2D eigenvalue weighted by Crippen LogP contribution is 2.43. The Morgan fingerprint density at radius 3 is 2.65 bits per heavy atom. The molecule has 3 N–H and O–H groups in total. The van der Waals surface area contributed by atoms with Gasteiger partial charge in [0.2, 0.25) is 10.0 Å². The van der Waals surface area contributed by atoms with Gasteiger partial charge in [-0.15, -0.1) is 5.10 Å². The van der Waals surface area contributed by atoms with Crippen molar-refractivity contribution in [2.45, 2.75) is 24.1 Å². The van der Waals surface area contributed by atoms with E-state index in [1.165, 1.54) is 28.8 Å². The van der Waals surface area contributed by atoms with Crippen LogP contribution in [0.2, 0.25) is 0 Å². The summed E-state index contributed by atoms with van der Waals surface area (Å²) in [6.07, 6.45) is 1.95. The molecule has 1 saturated carbocycles. The molecule has 0 spiro atoms. The van der Waals surface area contributed by atoms with Crippen molar-refractivity contribution in [1.29, 1.82) is 5.26 Å². The quantitative estimate of drug-likeness (QED) is 0.381. The molecular weight excluding hydrogens is 464 g/mol. The molecule has 1 aromatic carbocycles. The third-order valence-electron chi connectivity index (χ3n) is 5.74. The van der Waals surface area contributed by atoms with E-state index in [2.05, 4.69) is 15.5 Å². The topological polar surface area (TPSA) is 176 Å². The molecule has 0 radical (unpaired) electrons. The SMILES string of the molecule is Cn1c(=O)c(C(=O)NCc2ccc(C#N)cc2)cc2cnnc(OCC3(S(=O)(=O)NO)CC3)c21. The number of aryl methyl sites for hydroxylation is 1. The first kappa shape index (κ1) is 23.3. The Hall–Kier alpha value is -3.86. The summed E-state index contributed by atoms with van der Waals surface area (Å²) in [7, 11) is -2.54. The van der Waals surface area contributed by atoms with Crippen LogP contribution in [0.5, 0.6) is 5.88 Å². The lowest BCUT2D eigenvalue weighted by molar-refractivity contribution is 0.0949. The van der Waals surface area contributed by atoms with Crippen LogP contribution in [0.15, 0.2) is 41.3 Å². The second-order valence-corrected chi connectivity index (χ2v) is 9.99. The molecule has 3 aromatic rings. The van der Waals surface area contributed by atoms with Gasteiger partial charge < -0.3 is 19.8 Å². The number of nitrogens with zero attached hydrogens (tertiary/aromatic N) is 4. The molecule has 0 aliphatic heterocycles. The van der Waals surface area contributed by atoms with E-state index < -0.39 is 26.2 Å². The third kappa shape index (κ3) is 4.21. The van der Waals surface area contributed by atoms with Gasteiger partial charge in [0.1, 0.15) is 22.4 Å². The molecule has 0 saturated heterocycles. The van der Waals surface area contributed by atoms with Gasteiger partial charge in [0.05, 0.1) is 17.8 Å². The van der Waals surface area contributed by atoms with Crippen LogP contribution in [-0.2, 0) is 23.6 Å². The Kier molecular flexibility index (Phi) is 6.05. The molecule has 1 aliphatic carbocycles. The summed E-state index contributed by atoms with van der Waals surface area (Å²) in [5.74, 6) is -0.663. The van der Waals surface area contributed by atoms with Crippen molar-refractivity contribution in [2.75, 3.05) is 6.61 Å². The molecule has 12 nitrogen and oxygen atoms in total. The summed E-state index contributed by atoms with van der Waals surface area (Å²) in [6, 6.07) is 10.0. The van der Waals surface area contributed by atoms with Crippen LogP contribution in [0.3, 0.4) is 0 Å². The Bertz CT molecular complexity index is 1470. The van der Waals surface area contributed by atoms with Gasteiger partial charge in [-0.1, -0.05) is 17.0 Å². The van der Waals surface area contributed by atoms with E-state index in [0.717, 1.165) is 5.56 Å². The molecule has 0 atom stereocenters. The van der Waals surface area contributed by atoms with Crippen LogP contribution >= 0.6 is 0 Å². The van der Waals surface area contributed by atoms with Gasteiger partial charge in [-0.25, -0.2) is 8.42 Å². The van der Waals surface area contributed by atoms with Gasteiger partial charge in [0.25, 0.3) is 17.3 Å². The van der Waals surface area contributed by atoms with Crippen molar-refractivity contribution in [3.63, 3.8) is 0 Å². The van der Waals surface area contributed by atoms with Crippen molar-refractivity contribution in [2.24, 2.45) is 7.05 Å². The third-order valence-corrected chi connectivity index (χ3v) is 7.65. The predicted molar refractivity (Wildman–Crippen MR) is 118 cm³/mol. The van der Waals surface area contributed by atoms with E-state index in [-0.39, 0.29) is 30.1 Å². The smallest absolute Gasteiger partial charge is 0.263 e. The van der Waals surface area contributed by atoms with Crippen molar-refractivity contribution in [3.8, 4) is 11.9 Å². The van der Waals surface area contributed by atoms with Gasteiger partial charge in [0.15, 0.2) is 0 Å². The maximum absolute atomic E-state index is 12.9.